The predicted octanol–water partition coefficient (Wildman–Crippen LogP) is 4.81. The van der Waals surface area contributed by atoms with Gasteiger partial charge in [0.1, 0.15) is 6.10 Å². The fraction of sp³-hybridized carbons (Fsp3) is 0.471. The Balaban J connectivity index is 2.13. The van der Waals surface area contributed by atoms with E-state index in [-0.39, 0.29) is 6.10 Å². The first-order valence-electron chi connectivity index (χ1n) is 6.88. The topological polar surface area (TPSA) is 9.23 Å². The molecule has 0 aliphatic heterocycles. The fourth-order valence-corrected chi connectivity index (χ4v) is 2.54. The van der Waals surface area contributed by atoms with Crippen molar-refractivity contribution in [2.45, 2.75) is 51.2 Å². The summed E-state index contributed by atoms with van der Waals surface area (Å²) in [5, 5.41) is 0. The van der Waals surface area contributed by atoms with Gasteiger partial charge in [-0.05, 0) is 25.3 Å². The number of rotatable bonds is 4. The average Bonchev–Trinajstić information content (AvgIpc) is 2.46. The molecule has 0 amide bonds. The number of benzene rings is 1. The summed E-state index contributed by atoms with van der Waals surface area (Å²) in [4.78, 5) is 0. The molecule has 0 spiro atoms. The van der Waals surface area contributed by atoms with E-state index >= 15 is 0 Å². The third-order valence-corrected chi connectivity index (χ3v) is 3.66. The second-order valence-electron chi connectivity index (χ2n) is 5.05. The zero-order valence-electron chi connectivity index (χ0n) is 11.2. The van der Waals surface area contributed by atoms with Crippen LogP contribution in [0.1, 0.15) is 50.7 Å². The summed E-state index contributed by atoms with van der Waals surface area (Å²) < 4.78 is 6.29. The van der Waals surface area contributed by atoms with Gasteiger partial charge in [0.25, 0.3) is 0 Å². The van der Waals surface area contributed by atoms with Gasteiger partial charge >= 0.3 is 0 Å². The van der Waals surface area contributed by atoms with Gasteiger partial charge in [-0.25, -0.2) is 0 Å². The lowest BCUT2D eigenvalue weighted by Crippen LogP contribution is -2.20. The summed E-state index contributed by atoms with van der Waals surface area (Å²) in [7, 11) is 0. The van der Waals surface area contributed by atoms with Crippen molar-refractivity contribution >= 4 is 0 Å². The molecule has 0 N–H and O–H groups in total. The maximum atomic E-state index is 6.29. The standard InChI is InChI=1S/C17H22O/c1-3-14(2)17(15-10-6-4-7-11-15)18-16-12-8-5-9-13-16/h4,6-7,10-11,16-17H,1,5,8-9,12-13H2,2H3. The van der Waals surface area contributed by atoms with E-state index in [1.165, 1.54) is 37.7 Å². The normalized spacial score (nSPS) is 18.1. The molecule has 1 fully saturated rings. The molecule has 1 aliphatic carbocycles. The van der Waals surface area contributed by atoms with Crippen LogP contribution in [0.3, 0.4) is 0 Å². The molecule has 1 saturated carbocycles. The van der Waals surface area contributed by atoms with Crippen LogP contribution >= 0.6 is 0 Å². The molecule has 1 aliphatic rings. The van der Waals surface area contributed by atoms with E-state index in [1.807, 2.05) is 13.0 Å². The first kappa shape index (κ1) is 13.1. The minimum Gasteiger partial charge on any atom is -0.365 e. The lowest BCUT2D eigenvalue weighted by molar-refractivity contribution is -0.0136. The first-order chi connectivity index (χ1) is 8.81. The van der Waals surface area contributed by atoms with E-state index in [0.29, 0.717) is 6.10 Å². The second kappa shape index (κ2) is 6.58. The van der Waals surface area contributed by atoms with Gasteiger partial charge in [-0.3, -0.25) is 0 Å². The second-order valence-corrected chi connectivity index (χ2v) is 5.05. The molecule has 18 heavy (non-hydrogen) atoms. The van der Waals surface area contributed by atoms with E-state index in [2.05, 4.69) is 36.6 Å². The summed E-state index contributed by atoms with van der Waals surface area (Å²) in [6, 6.07) is 10.4. The quantitative estimate of drug-likeness (QED) is 0.688. The van der Waals surface area contributed by atoms with E-state index in [0.717, 1.165) is 5.57 Å². The molecule has 1 aromatic carbocycles. The molecule has 1 atom stereocenters. The molecule has 96 valence electrons. The Morgan fingerprint density at radius 2 is 1.89 bits per heavy atom. The molecule has 0 heterocycles. The van der Waals surface area contributed by atoms with Gasteiger partial charge in [0.2, 0.25) is 0 Å². The van der Waals surface area contributed by atoms with Gasteiger partial charge in [0.05, 0.1) is 6.10 Å². The Morgan fingerprint density at radius 3 is 2.50 bits per heavy atom. The van der Waals surface area contributed by atoms with Crippen molar-refractivity contribution in [3.63, 3.8) is 0 Å². The molecular weight excluding hydrogens is 220 g/mol. The molecule has 1 nitrogen and oxygen atoms in total. The van der Waals surface area contributed by atoms with E-state index in [9.17, 15) is 0 Å². The molecule has 1 aromatic rings. The third-order valence-electron chi connectivity index (χ3n) is 3.66. The minimum absolute atomic E-state index is 0.0202. The summed E-state index contributed by atoms with van der Waals surface area (Å²) in [5.41, 5.74) is 5.28. The maximum absolute atomic E-state index is 6.29. The highest BCUT2D eigenvalue weighted by Gasteiger charge is 2.21. The molecule has 0 saturated heterocycles. The van der Waals surface area contributed by atoms with Crippen molar-refractivity contribution in [3.8, 4) is 0 Å². The number of hydrogen-bond donors (Lipinski definition) is 0. The van der Waals surface area contributed by atoms with Gasteiger partial charge in [0, 0.05) is 5.57 Å². The van der Waals surface area contributed by atoms with Crippen molar-refractivity contribution in [2.75, 3.05) is 0 Å². The molecule has 2 rings (SSSR count). The van der Waals surface area contributed by atoms with Crippen molar-refractivity contribution < 1.29 is 4.74 Å². The van der Waals surface area contributed by atoms with Gasteiger partial charge in [-0.15, -0.1) is 5.73 Å². The van der Waals surface area contributed by atoms with Crippen LogP contribution in [0.2, 0.25) is 0 Å². The van der Waals surface area contributed by atoms with Crippen LogP contribution in [0.5, 0.6) is 0 Å². The average molecular weight is 242 g/mol. The van der Waals surface area contributed by atoms with E-state index < -0.39 is 0 Å². The van der Waals surface area contributed by atoms with Gasteiger partial charge in [-0.1, -0.05) is 56.2 Å². The predicted molar refractivity (Wildman–Crippen MR) is 75.5 cm³/mol. The molecule has 0 radical (unpaired) electrons. The lowest BCUT2D eigenvalue weighted by atomic mass is 9.96. The molecular formula is C17H22O. The molecule has 0 aromatic heterocycles. The zero-order valence-corrected chi connectivity index (χ0v) is 11.2. The zero-order chi connectivity index (χ0) is 12.8. The molecule has 1 heteroatoms. The Kier molecular flexibility index (Phi) is 4.81. The maximum Gasteiger partial charge on any atom is 0.111 e. The van der Waals surface area contributed by atoms with Crippen LogP contribution in [0.25, 0.3) is 0 Å². The highest BCUT2D eigenvalue weighted by molar-refractivity contribution is 5.25. The fourth-order valence-electron chi connectivity index (χ4n) is 2.54. The highest BCUT2D eigenvalue weighted by Crippen LogP contribution is 2.30. The van der Waals surface area contributed by atoms with Crippen LogP contribution in [0.4, 0.5) is 0 Å². The summed E-state index contributed by atoms with van der Waals surface area (Å²) >= 11 is 0. The van der Waals surface area contributed by atoms with Crippen molar-refractivity contribution in [2.24, 2.45) is 0 Å². The van der Waals surface area contributed by atoms with Gasteiger partial charge in [0.15, 0.2) is 0 Å². The van der Waals surface area contributed by atoms with Crippen molar-refractivity contribution in [1.82, 2.24) is 0 Å². The largest absolute Gasteiger partial charge is 0.365 e. The van der Waals surface area contributed by atoms with Crippen LogP contribution in [-0.2, 0) is 4.74 Å². The van der Waals surface area contributed by atoms with E-state index in [1.54, 1.807) is 0 Å². The summed E-state index contributed by atoms with van der Waals surface area (Å²) in [5.74, 6) is 0. The smallest absolute Gasteiger partial charge is 0.111 e. The minimum atomic E-state index is 0.0202. The summed E-state index contributed by atoms with van der Waals surface area (Å²) in [6.45, 7) is 5.81. The van der Waals surface area contributed by atoms with E-state index in [4.69, 9.17) is 4.74 Å². The van der Waals surface area contributed by atoms with Gasteiger partial charge in [-0.2, -0.15) is 0 Å². The SMILES string of the molecule is C=C=C(C)C(OC1CCCCC1)c1ccccc1. The molecule has 0 bridgehead atoms. The lowest BCUT2D eigenvalue weighted by Gasteiger charge is -2.28. The number of hydrogen-bond acceptors (Lipinski definition) is 1. The Hall–Kier alpha value is -1.30. The van der Waals surface area contributed by atoms with Crippen molar-refractivity contribution in [1.29, 1.82) is 0 Å². The number of ether oxygens (including phenoxy) is 1. The van der Waals surface area contributed by atoms with Crippen LogP contribution in [-0.4, -0.2) is 6.10 Å². The van der Waals surface area contributed by atoms with Crippen molar-refractivity contribution in [3.05, 3.63) is 53.8 Å². The highest BCUT2D eigenvalue weighted by atomic mass is 16.5. The molecule has 1 unspecified atom stereocenters. The van der Waals surface area contributed by atoms with Crippen LogP contribution < -0.4 is 0 Å². The van der Waals surface area contributed by atoms with Crippen LogP contribution in [0.15, 0.2) is 48.2 Å². The Labute approximate surface area is 110 Å². The van der Waals surface area contributed by atoms with Gasteiger partial charge < -0.3 is 4.74 Å². The summed E-state index contributed by atoms with van der Waals surface area (Å²) in [6.07, 6.45) is 6.73. The third kappa shape index (κ3) is 3.35. The van der Waals surface area contributed by atoms with Crippen LogP contribution in [0, 0.1) is 0 Å². The monoisotopic (exact) mass is 242 g/mol. The Bertz CT molecular complexity index is 408. The Morgan fingerprint density at radius 1 is 1.22 bits per heavy atom. The first-order valence-corrected chi connectivity index (χ1v) is 6.88.